The Morgan fingerprint density at radius 3 is 3.00 bits per heavy atom. The standard InChI is InChI=1S/C13H16N6S/c1-2-5-19-12(8-15)17-18-13(19)20-9-10-3-4-16-11(6-10)7-14/h3-4,6H,2,5,8-9,15H2,1H3. The van der Waals surface area contributed by atoms with Crippen molar-refractivity contribution in [2.75, 3.05) is 0 Å². The van der Waals surface area contributed by atoms with Crippen LogP contribution in [0.2, 0.25) is 0 Å². The molecule has 0 spiro atoms. The third-order valence-electron chi connectivity index (χ3n) is 2.73. The molecule has 0 aromatic carbocycles. The van der Waals surface area contributed by atoms with Gasteiger partial charge in [-0.05, 0) is 24.1 Å². The highest BCUT2D eigenvalue weighted by molar-refractivity contribution is 7.98. The van der Waals surface area contributed by atoms with Gasteiger partial charge < -0.3 is 10.3 Å². The van der Waals surface area contributed by atoms with Crippen molar-refractivity contribution in [3.05, 3.63) is 35.4 Å². The molecule has 0 atom stereocenters. The number of rotatable bonds is 6. The van der Waals surface area contributed by atoms with Crippen LogP contribution in [-0.4, -0.2) is 19.7 Å². The van der Waals surface area contributed by atoms with E-state index in [2.05, 4.69) is 26.7 Å². The zero-order valence-corrected chi connectivity index (χ0v) is 12.1. The number of nitriles is 1. The average Bonchev–Trinajstić information content (AvgIpc) is 2.88. The molecule has 2 rings (SSSR count). The fourth-order valence-corrected chi connectivity index (χ4v) is 2.72. The summed E-state index contributed by atoms with van der Waals surface area (Å²) in [6, 6.07) is 5.73. The lowest BCUT2D eigenvalue weighted by atomic mass is 10.2. The summed E-state index contributed by atoms with van der Waals surface area (Å²) in [4.78, 5) is 3.96. The normalized spacial score (nSPS) is 10.4. The zero-order chi connectivity index (χ0) is 14.4. The summed E-state index contributed by atoms with van der Waals surface area (Å²) in [5, 5.41) is 18.0. The maximum Gasteiger partial charge on any atom is 0.191 e. The Morgan fingerprint density at radius 1 is 1.45 bits per heavy atom. The second-order valence-electron chi connectivity index (χ2n) is 4.20. The molecular weight excluding hydrogens is 272 g/mol. The average molecular weight is 288 g/mol. The fraction of sp³-hybridized carbons (Fsp3) is 0.385. The first-order valence-corrected chi connectivity index (χ1v) is 7.37. The van der Waals surface area contributed by atoms with Crippen LogP contribution in [0, 0.1) is 11.3 Å². The summed E-state index contributed by atoms with van der Waals surface area (Å²) in [5.41, 5.74) is 7.14. The van der Waals surface area contributed by atoms with Crippen molar-refractivity contribution in [2.24, 2.45) is 5.73 Å². The van der Waals surface area contributed by atoms with Crippen molar-refractivity contribution in [3.63, 3.8) is 0 Å². The van der Waals surface area contributed by atoms with Crippen molar-refractivity contribution < 1.29 is 0 Å². The molecule has 0 aliphatic heterocycles. The zero-order valence-electron chi connectivity index (χ0n) is 11.3. The van der Waals surface area contributed by atoms with Crippen LogP contribution in [0.5, 0.6) is 0 Å². The number of hydrogen-bond acceptors (Lipinski definition) is 6. The highest BCUT2D eigenvalue weighted by atomic mass is 32.2. The molecule has 2 N–H and O–H groups in total. The molecule has 0 aliphatic rings. The Morgan fingerprint density at radius 2 is 2.30 bits per heavy atom. The topological polar surface area (TPSA) is 93.4 Å². The Bertz CT molecular complexity index is 616. The lowest BCUT2D eigenvalue weighted by molar-refractivity contribution is 0.592. The molecule has 0 aliphatic carbocycles. The van der Waals surface area contributed by atoms with Crippen molar-refractivity contribution in [1.82, 2.24) is 19.7 Å². The first kappa shape index (κ1) is 14.5. The van der Waals surface area contributed by atoms with Crippen LogP contribution >= 0.6 is 11.8 Å². The van der Waals surface area contributed by atoms with Gasteiger partial charge in [-0.2, -0.15) is 5.26 Å². The van der Waals surface area contributed by atoms with Gasteiger partial charge in [0.25, 0.3) is 0 Å². The Labute approximate surface area is 122 Å². The van der Waals surface area contributed by atoms with E-state index >= 15 is 0 Å². The van der Waals surface area contributed by atoms with Gasteiger partial charge in [0.05, 0.1) is 6.54 Å². The van der Waals surface area contributed by atoms with Gasteiger partial charge in [0.1, 0.15) is 17.6 Å². The lowest BCUT2D eigenvalue weighted by Crippen LogP contribution is -2.09. The Kier molecular flexibility index (Phi) is 5.09. The van der Waals surface area contributed by atoms with Gasteiger partial charge in [-0.3, -0.25) is 0 Å². The Hall–Kier alpha value is -1.91. The number of nitrogens with two attached hydrogens (primary N) is 1. The smallest absolute Gasteiger partial charge is 0.191 e. The summed E-state index contributed by atoms with van der Waals surface area (Å²) >= 11 is 1.59. The van der Waals surface area contributed by atoms with Gasteiger partial charge in [0, 0.05) is 18.5 Å². The number of hydrogen-bond donors (Lipinski definition) is 1. The molecule has 2 aromatic rings. The van der Waals surface area contributed by atoms with Crippen molar-refractivity contribution >= 4 is 11.8 Å². The van der Waals surface area contributed by atoms with Crippen molar-refractivity contribution in [1.29, 1.82) is 5.26 Å². The van der Waals surface area contributed by atoms with E-state index in [-0.39, 0.29) is 0 Å². The maximum absolute atomic E-state index is 8.84. The van der Waals surface area contributed by atoms with Crippen LogP contribution in [0.4, 0.5) is 0 Å². The van der Waals surface area contributed by atoms with E-state index in [0.29, 0.717) is 12.2 Å². The predicted molar refractivity (Wildman–Crippen MR) is 76.7 cm³/mol. The molecule has 0 amide bonds. The van der Waals surface area contributed by atoms with E-state index in [1.807, 2.05) is 12.1 Å². The molecule has 0 bridgehead atoms. The molecule has 104 valence electrons. The van der Waals surface area contributed by atoms with Crippen LogP contribution in [0.15, 0.2) is 23.5 Å². The molecule has 20 heavy (non-hydrogen) atoms. The lowest BCUT2D eigenvalue weighted by Gasteiger charge is -2.07. The van der Waals surface area contributed by atoms with E-state index in [4.69, 9.17) is 11.0 Å². The Balaban J connectivity index is 2.10. The second-order valence-corrected chi connectivity index (χ2v) is 5.15. The van der Waals surface area contributed by atoms with Gasteiger partial charge in [0.15, 0.2) is 5.16 Å². The van der Waals surface area contributed by atoms with E-state index in [0.717, 1.165) is 35.3 Å². The van der Waals surface area contributed by atoms with Crippen LogP contribution in [-0.2, 0) is 18.8 Å². The third kappa shape index (κ3) is 3.35. The SMILES string of the molecule is CCCn1c(CN)nnc1SCc1ccnc(C#N)c1. The number of pyridine rings is 1. The molecule has 6 nitrogen and oxygen atoms in total. The van der Waals surface area contributed by atoms with Crippen molar-refractivity contribution in [2.45, 2.75) is 37.3 Å². The summed E-state index contributed by atoms with van der Waals surface area (Å²) in [6.45, 7) is 3.36. The molecule has 0 saturated heterocycles. The largest absolute Gasteiger partial charge is 0.324 e. The summed E-state index contributed by atoms with van der Waals surface area (Å²) in [5.74, 6) is 1.53. The minimum atomic E-state index is 0.390. The quantitative estimate of drug-likeness (QED) is 0.813. The molecule has 0 unspecified atom stereocenters. The number of thioether (sulfide) groups is 1. The molecule has 7 heteroatoms. The van der Waals surface area contributed by atoms with E-state index in [1.54, 1.807) is 24.0 Å². The van der Waals surface area contributed by atoms with Gasteiger partial charge in [-0.25, -0.2) is 4.98 Å². The molecular formula is C13H16N6S. The molecule has 2 aromatic heterocycles. The minimum Gasteiger partial charge on any atom is -0.324 e. The van der Waals surface area contributed by atoms with E-state index in [9.17, 15) is 0 Å². The summed E-state index contributed by atoms with van der Waals surface area (Å²) < 4.78 is 2.05. The highest BCUT2D eigenvalue weighted by Crippen LogP contribution is 2.22. The molecule has 0 radical (unpaired) electrons. The van der Waals surface area contributed by atoms with Crippen LogP contribution < -0.4 is 5.73 Å². The van der Waals surface area contributed by atoms with Gasteiger partial charge in [-0.15, -0.1) is 10.2 Å². The first-order chi connectivity index (χ1) is 9.78. The third-order valence-corrected chi connectivity index (χ3v) is 3.77. The van der Waals surface area contributed by atoms with Gasteiger partial charge in [0.2, 0.25) is 0 Å². The van der Waals surface area contributed by atoms with Gasteiger partial charge >= 0.3 is 0 Å². The minimum absolute atomic E-state index is 0.390. The molecule has 0 saturated carbocycles. The van der Waals surface area contributed by atoms with Crippen LogP contribution in [0.1, 0.15) is 30.4 Å². The van der Waals surface area contributed by atoms with Crippen molar-refractivity contribution in [3.8, 4) is 6.07 Å². The predicted octanol–water partition coefficient (Wildman–Crippen LogP) is 1.71. The first-order valence-electron chi connectivity index (χ1n) is 6.38. The van der Waals surface area contributed by atoms with E-state index < -0.39 is 0 Å². The van der Waals surface area contributed by atoms with E-state index in [1.165, 1.54) is 0 Å². The highest BCUT2D eigenvalue weighted by Gasteiger charge is 2.10. The monoisotopic (exact) mass is 288 g/mol. The maximum atomic E-state index is 8.84. The summed E-state index contributed by atoms with van der Waals surface area (Å²) in [7, 11) is 0. The van der Waals surface area contributed by atoms with Gasteiger partial charge in [-0.1, -0.05) is 18.7 Å². The second kappa shape index (κ2) is 7.03. The van der Waals surface area contributed by atoms with Crippen LogP contribution in [0.3, 0.4) is 0 Å². The van der Waals surface area contributed by atoms with Crippen LogP contribution in [0.25, 0.3) is 0 Å². The number of aromatic nitrogens is 4. The molecule has 2 heterocycles. The molecule has 0 fully saturated rings. The fourth-order valence-electron chi connectivity index (χ4n) is 1.80. The number of nitrogens with zero attached hydrogens (tertiary/aromatic N) is 5. The summed E-state index contributed by atoms with van der Waals surface area (Å²) in [6.07, 6.45) is 2.66.